The molecule has 21 heavy (non-hydrogen) atoms. The third-order valence-corrected chi connectivity index (χ3v) is 2.61. The Balaban J connectivity index is 2.15. The quantitative estimate of drug-likeness (QED) is 0.493. The number of methoxy groups -OCH3 is 1. The van der Waals surface area contributed by atoms with Gasteiger partial charge in [-0.2, -0.15) is 0 Å². The fraction of sp³-hybridized carbons (Fsp3) is 0.0667. The van der Waals surface area contributed by atoms with Crippen LogP contribution in [0.2, 0.25) is 0 Å². The van der Waals surface area contributed by atoms with E-state index in [4.69, 9.17) is 4.42 Å². The fourth-order valence-electron chi connectivity index (χ4n) is 1.59. The van der Waals surface area contributed by atoms with Crippen molar-refractivity contribution in [2.45, 2.75) is 0 Å². The highest BCUT2D eigenvalue weighted by Crippen LogP contribution is 2.14. The number of furan rings is 1. The molecule has 0 saturated heterocycles. The van der Waals surface area contributed by atoms with Crippen molar-refractivity contribution in [3.63, 3.8) is 0 Å². The van der Waals surface area contributed by atoms with E-state index in [9.17, 15) is 18.4 Å². The van der Waals surface area contributed by atoms with Crippen LogP contribution in [0.1, 0.15) is 26.7 Å². The number of halogens is 2. The maximum atomic E-state index is 13.4. The molecule has 108 valence electrons. The van der Waals surface area contributed by atoms with Crippen molar-refractivity contribution < 1.29 is 27.5 Å². The Bertz CT molecular complexity index is 716. The number of ether oxygens (including phenoxy) is 1. The molecule has 0 atom stereocenters. The van der Waals surface area contributed by atoms with Gasteiger partial charge in [-0.3, -0.25) is 4.79 Å². The van der Waals surface area contributed by atoms with Crippen LogP contribution in [0, 0.1) is 11.6 Å². The number of allylic oxidation sites excluding steroid dienone is 1. The van der Waals surface area contributed by atoms with Gasteiger partial charge in [0.25, 0.3) is 0 Å². The van der Waals surface area contributed by atoms with Gasteiger partial charge in [0.15, 0.2) is 5.78 Å². The van der Waals surface area contributed by atoms with Crippen LogP contribution in [-0.2, 0) is 4.74 Å². The normalized spacial score (nSPS) is 10.8. The van der Waals surface area contributed by atoms with E-state index in [1.165, 1.54) is 25.3 Å². The predicted octanol–water partition coefficient (Wildman–Crippen LogP) is 3.24. The van der Waals surface area contributed by atoms with Crippen LogP contribution in [0.4, 0.5) is 8.78 Å². The zero-order valence-electron chi connectivity index (χ0n) is 10.9. The Morgan fingerprint density at radius 3 is 2.62 bits per heavy atom. The van der Waals surface area contributed by atoms with Crippen molar-refractivity contribution in [2.24, 2.45) is 0 Å². The van der Waals surface area contributed by atoms with E-state index < -0.39 is 23.4 Å². The summed E-state index contributed by atoms with van der Waals surface area (Å²) in [5, 5.41) is 0. The van der Waals surface area contributed by atoms with E-state index in [1.807, 2.05) is 0 Å². The SMILES string of the molecule is COC(=O)c1ccc(C=CC(=O)c2ccc(F)cc2F)o1. The molecule has 2 aromatic rings. The van der Waals surface area contributed by atoms with Crippen LogP contribution in [0.25, 0.3) is 6.08 Å². The standard InChI is InChI=1S/C15H10F2O4/c1-20-15(19)14-7-4-10(21-14)3-6-13(18)11-5-2-9(16)8-12(11)17/h2-8H,1H3. The third-order valence-electron chi connectivity index (χ3n) is 2.61. The minimum atomic E-state index is -0.945. The van der Waals surface area contributed by atoms with Crippen molar-refractivity contribution in [3.05, 3.63) is 65.1 Å². The highest BCUT2D eigenvalue weighted by atomic mass is 19.1. The summed E-state index contributed by atoms with van der Waals surface area (Å²) in [7, 11) is 1.21. The average Bonchev–Trinajstić information content (AvgIpc) is 2.92. The van der Waals surface area contributed by atoms with E-state index in [2.05, 4.69) is 4.74 Å². The molecular weight excluding hydrogens is 282 g/mol. The number of carbonyl (C=O) groups excluding carboxylic acids is 2. The minimum absolute atomic E-state index is 0.0161. The number of hydrogen-bond donors (Lipinski definition) is 0. The monoisotopic (exact) mass is 292 g/mol. The molecule has 0 spiro atoms. The molecule has 0 N–H and O–H groups in total. The van der Waals surface area contributed by atoms with Crippen molar-refractivity contribution in [3.8, 4) is 0 Å². The molecule has 1 heterocycles. The first-order valence-corrected chi connectivity index (χ1v) is 5.87. The van der Waals surface area contributed by atoms with Crippen molar-refractivity contribution in [2.75, 3.05) is 7.11 Å². The lowest BCUT2D eigenvalue weighted by molar-refractivity contribution is 0.0564. The lowest BCUT2D eigenvalue weighted by Crippen LogP contribution is -1.99. The van der Waals surface area contributed by atoms with Gasteiger partial charge < -0.3 is 9.15 Å². The summed E-state index contributed by atoms with van der Waals surface area (Å²) in [6, 6.07) is 5.51. The summed E-state index contributed by atoms with van der Waals surface area (Å²) in [6.45, 7) is 0. The molecule has 0 aliphatic carbocycles. The summed E-state index contributed by atoms with van der Waals surface area (Å²) in [5.41, 5.74) is -0.257. The summed E-state index contributed by atoms with van der Waals surface area (Å²) < 4.78 is 35.7. The predicted molar refractivity (Wildman–Crippen MR) is 69.8 cm³/mol. The molecule has 4 nitrogen and oxygen atoms in total. The Labute approximate surface area is 118 Å². The van der Waals surface area contributed by atoms with Gasteiger partial charge in [0, 0.05) is 6.07 Å². The largest absolute Gasteiger partial charge is 0.463 e. The number of hydrogen-bond acceptors (Lipinski definition) is 4. The fourth-order valence-corrected chi connectivity index (χ4v) is 1.59. The van der Waals surface area contributed by atoms with Crippen LogP contribution in [0.5, 0.6) is 0 Å². The molecule has 2 rings (SSSR count). The minimum Gasteiger partial charge on any atom is -0.463 e. The highest BCUT2D eigenvalue weighted by molar-refractivity contribution is 6.06. The summed E-state index contributed by atoms with van der Waals surface area (Å²) in [4.78, 5) is 22.9. The Morgan fingerprint density at radius 1 is 1.19 bits per heavy atom. The average molecular weight is 292 g/mol. The topological polar surface area (TPSA) is 56.5 Å². The molecule has 0 aliphatic rings. The summed E-state index contributed by atoms with van der Waals surface area (Å²) in [6.07, 6.45) is 2.34. The van der Waals surface area contributed by atoms with Crippen LogP contribution in [-0.4, -0.2) is 18.9 Å². The molecular formula is C15H10F2O4. The molecule has 0 saturated carbocycles. The van der Waals surface area contributed by atoms with Crippen LogP contribution < -0.4 is 0 Å². The van der Waals surface area contributed by atoms with Gasteiger partial charge >= 0.3 is 5.97 Å². The van der Waals surface area contributed by atoms with E-state index >= 15 is 0 Å². The van der Waals surface area contributed by atoms with Crippen molar-refractivity contribution >= 4 is 17.8 Å². The van der Waals surface area contributed by atoms with Crippen LogP contribution in [0.3, 0.4) is 0 Å². The third kappa shape index (κ3) is 3.42. The Hall–Kier alpha value is -2.76. The van der Waals surface area contributed by atoms with E-state index in [0.29, 0.717) is 6.07 Å². The second-order valence-corrected chi connectivity index (χ2v) is 4.02. The van der Waals surface area contributed by atoms with Gasteiger partial charge in [-0.1, -0.05) is 0 Å². The van der Waals surface area contributed by atoms with Crippen LogP contribution in [0.15, 0.2) is 40.8 Å². The second-order valence-electron chi connectivity index (χ2n) is 4.02. The molecule has 1 aromatic carbocycles. The van der Waals surface area contributed by atoms with Gasteiger partial charge in [-0.15, -0.1) is 0 Å². The first-order valence-electron chi connectivity index (χ1n) is 5.87. The number of esters is 1. The zero-order valence-corrected chi connectivity index (χ0v) is 10.9. The Kier molecular flexibility index (Phi) is 4.27. The van der Waals surface area contributed by atoms with Gasteiger partial charge in [0.2, 0.25) is 5.76 Å². The highest BCUT2D eigenvalue weighted by Gasteiger charge is 2.12. The van der Waals surface area contributed by atoms with Gasteiger partial charge in [0.05, 0.1) is 12.7 Å². The molecule has 1 aromatic heterocycles. The zero-order chi connectivity index (χ0) is 15.4. The van der Waals surface area contributed by atoms with Crippen molar-refractivity contribution in [1.82, 2.24) is 0 Å². The van der Waals surface area contributed by atoms with Gasteiger partial charge in [0.1, 0.15) is 17.4 Å². The number of ketones is 1. The Morgan fingerprint density at radius 2 is 1.95 bits per heavy atom. The number of carbonyl (C=O) groups is 2. The number of benzene rings is 1. The molecule has 0 bridgehead atoms. The molecule has 6 heteroatoms. The molecule has 0 aliphatic heterocycles. The van der Waals surface area contributed by atoms with E-state index in [0.717, 1.165) is 18.2 Å². The maximum Gasteiger partial charge on any atom is 0.373 e. The van der Waals surface area contributed by atoms with Gasteiger partial charge in [-0.05, 0) is 36.4 Å². The lowest BCUT2D eigenvalue weighted by atomic mass is 10.1. The van der Waals surface area contributed by atoms with Crippen LogP contribution >= 0.6 is 0 Å². The van der Waals surface area contributed by atoms with Gasteiger partial charge in [-0.25, -0.2) is 13.6 Å². The number of rotatable bonds is 4. The second kappa shape index (κ2) is 6.13. The first-order chi connectivity index (χ1) is 10.0. The summed E-state index contributed by atoms with van der Waals surface area (Å²) >= 11 is 0. The van der Waals surface area contributed by atoms with Crippen molar-refractivity contribution in [1.29, 1.82) is 0 Å². The molecule has 0 amide bonds. The maximum absolute atomic E-state index is 13.4. The first kappa shape index (κ1) is 14.6. The smallest absolute Gasteiger partial charge is 0.373 e. The van der Waals surface area contributed by atoms with E-state index in [1.54, 1.807) is 0 Å². The lowest BCUT2D eigenvalue weighted by Gasteiger charge is -1.98. The van der Waals surface area contributed by atoms with E-state index in [-0.39, 0.29) is 17.1 Å². The molecule has 0 fully saturated rings. The molecule has 0 unspecified atom stereocenters. The molecule has 0 radical (unpaired) electrons. The summed E-state index contributed by atoms with van der Waals surface area (Å²) in [5.74, 6) is -2.79.